The van der Waals surface area contributed by atoms with Gasteiger partial charge in [0.25, 0.3) is 0 Å². The predicted octanol–water partition coefficient (Wildman–Crippen LogP) is 7.00. The zero-order valence-corrected chi connectivity index (χ0v) is 20.9. The van der Waals surface area contributed by atoms with Crippen molar-refractivity contribution in [3.05, 3.63) is 11.6 Å². The summed E-state index contributed by atoms with van der Waals surface area (Å²) in [5, 5.41) is 0. The fourth-order valence-electron chi connectivity index (χ4n) is 8.12. The predicted molar refractivity (Wildman–Crippen MR) is 127 cm³/mol. The number of methoxy groups -OCH3 is 1. The molecule has 0 aromatic heterocycles. The van der Waals surface area contributed by atoms with Gasteiger partial charge in [0.05, 0.1) is 7.11 Å². The minimum Gasteiger partial charge on any atom is -0.469 e. The van der Waals surface area contributed by atoms with Gasteiger partial charge in [-0.15, -0.1) is 0 Å². The largest absolute Gasteiger partial charge is 0.469 e. The van der Waals surface area contributed by atoms with Gasteiger partial charge in [-0.3, -0.25) is 9.59 Å². The third-order valence-corrected chi connectivity index (χ3v) is 9.93. The maximum absolute atomic E-state index is 12.0. The van der Waals surface area contributed by atoms with Gasteiger partial charge in [0.1, 0.15) is 6.29 Å². The van der Waals surface area contributed by atoms with Crippen molar-refractivity contribution in [3.8, 4) is 0 Å². The highest BCUT2D eigenvalue weighted by Gasteiger charge is 2.58. The van der Waals surface area contributed by atoms with Crippen LogP contribution in [-0.4, -0.2) is 19.4 Å². The molecule has 0 aliphatic heterocycles. The summed E-state index contributed by atoms with van der Waals surface area (Å²) in [4.78, 5) is 23.9. The Morgan fingerprint density at radius 3 is 2.55 bits per heavy atom. The first kappa shape index (κ1) is 24.5. The van der Waals surface area contributed by atoms with Crippen LogP contribution in [0.2, 0.25) is 0 Å². The van der Waals surface area contributed by atoms with E-state index in [1.54, 1.807) is 0 Å². The molecule has 2 fully saturated rings. The van der Waals surface area contributed by atoms with Crippen molar-refractivity contribution in [2.45, 2.75) is 98.8 Å². The molecule has 0 amide bonds. The molecule has 3 aliphatic carbocycles. The van der Waals surface area contributed by atoms with Crippen LogP contribution in [0.15, 0.2) is 11.6 Å². The number of rotatable bonds is 9. The quantitative estimate of drug-likeness (QED) is 0.292. The number of fused-ring (bicyclic) bond motifs is 3. The van der Waals surface area contributed by atoms with Gasteiger partial charge in [0, 0.05) is 6.42 Å². The number of hydrogen-bond acceptors (Lipinski definition) is 3. The molecular formula is C28H46O3. The summed E-state index contributed by atoms with van der Waals surface area (Å²) in [6.45, 7) is 12.0. The van der Waals surface area contributed by atoms with Crippen LogP contribution in [0.4, 0.5) is 0 Å². The molecule has 0 spiro atoms. The molecule has 176 valence electrons. The van der Waals surface area contributed by atoms with E-state index >= 15 is 0 Å². The maximum Gasteiger partial charge on any atom is 0.305 e. The first-order valence-corrected chi connectivity index (χ1v) is 12.9. The minimum atomic E-state index is -0.193. The van der Waals surface area contributed by atoms with Crippen molar-refractivity contribution in [2.75, 3.05) is 7.11 Å². The Kier molecular flexibility index (Phi) is 7.75. The van der Waals surface area contributed by atoms with E-state index < -0.39 is 0 Å². The summed E-state index contributed by atoms with van der Waals surface area (Å²) >= 11 is 0. The van der Waals surface area contributed by atoms with Crippen LogP contribution >= 0.6 is 0 Å². The van der Waals surface area contributed by atoms with E-state index in [1.165, 1.54) is 52.1 Å². The Balaban J connectivity index is 1.77. The van der Waals surface area contributed by atoms with E-state index in [9.17, 15) is 9.59 Å². The highest BCUT2D eigenvalue weighted by molar-refractivity contribution is 5.76. The summed E-state index contributed by atoms with van der Waals surface area (Å²) in [7, 11) is 1.46. The van der Waals surface area contributed by atoms with Gasteiger partial charge in [-0.1, -0.05) is 60.0 Å². The van der Waals surface area contributed by atoms with Crippen molar-refractivity contribution in [3.63, 3.8) is 0 Å². The number of ether oxygens (including phenoxy) is 1. The van der Waals surface area contributed by atoms with Gasteiger partial charge < -0.3 is 4.74 Å². The van der Waals surface area contributed by atoms with Gasteiger partial charge in [-0.25, -0.2) is 0 Å². The first-order chi connectivity index (χ1) is 14.7. The van der Waals surface area contributed by atoms with Crippen LogP contribution in [0.25, 0.3) is 0 Å². The molecule has 0 unspecified atom stereocenters. The van der Waals surface area contributed by atoms with Crippen LogP contribution in [0.1, 0.15) is 98.8 Å². The van der Waals surface area contributed by atoms with Gasteiger partial charge in [0.2, 0.25) is 0 Å². The number of allylic oxidation sites excluding steroid dienone is 2. The van der Waals surface area contributed by atoms with Crippen molar-refractivity contribution in [1.29, 1.82) is 0 Å². The second kappa shape index (κ2) is 9.79. The summed E-state index contributed by atoms with van der Waals surface area (Å²) in [6.07, 6.45) is 14.7. The third kappa shape index (κ3) is 4.67. The van der Waals surface area contributed by atoms with E-state index in [2.05, 4.69) is 40.7 Å². The number of esters is 1. The van der Waals surface area contributed by atoms with Crippen molar-refractivity contribution in [2.24, 2.45) is 46.3 Å². The molecule has 0 aromatic rings. The number of carbonyl (C=O) groups excluding carboxylic acids is 2. The standard InChI is InChI=1S/C28H46O3/c1-19(2)8-7-9-20(3)23-12-13-24-22-11-10-21(18-29)27(4,17-15-26(30)31-6)25(22)14-16-28(23,24)5/h10,18-20,22-25H,7-9,11-17H2,1-6H3/t20-,22+,23-,24+,25+,27+,28-/m1/s1. The Hall–Kier alpha value is -1.12. The number of hydrogen-bond donors (Lipinski definition) is 0. The third-order valence-electron chi connectivity index (χ3n) is 9.93. The van der Waals surface area contributed by atoms with E-state index in [0.717, 1.165) is 48.4 Å². The fraction of sp³-hybridized carbons (Fsp3) is 0.857. The molecule has 0 N–H and O–H groups in total. The molecule has 7 atom stereocenters. The lowest BCUT2D eigenvalue weighted by atomic mass is 9.48. The van der Waals surface area contributed by atoms with Crippen molar-refractivity contribution < 1.29 is 14.3 Å². The first-order valence-electron chi connectivity index (χ1n) is 12.9. The van der Waals surface area contributed by atoms with Gasteiger partial charge in [-0.2, -0.15) is 0 Å². The second-order valence-corrected chi connectivity index (χ2v) is 11.9. The molecular weight excluding hydrogens is 384 g/mol. The topological polar surface area (TPSA) is 43.4 Å². The fourth-order valence-corrected chi connectivity index (χ4v) is 8.12. The molecule has 0 bridgehead atoms. The number of carbonyl (C=O) groups is 2. The van der Waals surface area contributed by atoms with Gasteiger partial charge in [-0.05, 0) is 90.4 Å². The normalized spacial score (nSPS) is 38.2. The molecule has 0 saturated heterocycles. The monoisotopic (exact) mass is 430 g/mol. The average Bonchev–Trinajstić information content (AvgIpc) is 3.09. The molecule has 3 aliphatic rings. The van der Waals surface area contributed by atoms with Crippen LogP contribution in [0.3, 0.4) is 0 Å². The van der Waals surface area contributed by atoms with E-state index in [-0.39, 0.29) is 11.4 Å². The minimum absolute atomic E-state index is 0.162. The highest BCUT2D eigenvalue weighted by Crippen LogP contribution is 2.66. The zero-order valence-electron chi connectivity index (χ0n) is 20.9. The summed E-state index contributed by atoms with van der Waals surface area (Å²) in [6, 6.07) is 0. The van der Waals surface area contributed by atoms with Crippen molar-refractivity contribution >= 4 is 12.3 Å². The Morgan fingerprint density at radius 1 is 1.16 bits per heavy atom. The molecule has 2 saturated carbocycles. The lowest BCUT2D eigenvalue weighted by molar-refractivity contribution is -0.142. The maximum atomic E-state index is 12.0. The van der Waals surface area contributed by atoms with Crippen molar-refractivity contribution in [1.82, 2.24) is 0 Å². The zero-order chi connectivity index (χ0) is 22.8. The molecule has 3 rings (SSSR count). The van der Waals surface area contributed by atoms with Crippen LogP contribution in [0, 0.1) is 46.3 Å². The molecule has 31 heavy (non-hydrogen) atoms. The van der Waals surface area contributed by atoms with E-state index in [4.69, 9.17) is 4.74 Å². The average molecular weight is 431 g/mol. The van der Waals surface area contributed by atoms with E-state index in [1.807, 2.05) is 0 Å². The molecule has 3 heteroatoms. The summed E-state index contributed by atoms with van der Waals surface area (Å²) in [5.41, 5.74) is 1.17. The molecule has 3 nitrogen and oxygen atoms in total. The van der Waals surface area contributed by atoms with Crippen LogP contribution < -0.4 is 0 Å². The summed E-state index contributed by atoms with van der Waals surface area (Å²) < 4.78 is 4.92. The van der Waals surface area contributed by atoms with Crippen LogP contribution in [-0.2, 0) is 14.3 Å². The molecule has 0 heterocycles. The lowest BCUT2D eigenvalue weighted by Crippen LogP contribution is -2.49. The smallest absolute Gasteiger partial charge is 0.305 e. The lowest BCUT2D eigenvalue weighted by Gasteiger charge is -2.56. The Labute approximate surface area is 190 Å². The van der Waals surface area contributed by atoms with Gasteiger partial charge in [0.15, 0.2) is 0 Å². The van der Waals surface area contributed by atoms with E-state index in [0.29, 0.717) is 23.7 Å². The number of aldehydes is 1. The molecule has 0 aromatic carbocycles. The Bertz CT molecular complexity index is 680. The molecule has 0 radical (unpaired) electrons. The summed E-state index contributed by atoms with van der Waals surface area (Å²) in [5.74, 6) is 4.20. The second-order valence-electron chi connectivity index (χ2n) is 11.9. The van der Waals surface area contributed by atoms with Crippen LogP contribution in [0.5, 0.6) is 0 Å². The highest BCUT2D eigenvalue weighted by atomic mass is 16.5. The SMILES string of the molecule is COC(=O)CC[C@@]1(C)C(C=O)=CC[C@H]2[C@@H]3CC[C@H]([C@H](C)CCCC(C)C)[C@@]3(C)CC[C@@H]21. The Morgan fingerprint density at radius 2 is 1.90 bits per heavy atom. The van der Waals surface area contributed by atoms with Gasteiger partial charge >= 0.3 is 5.97 Å².